The minimum atomic E-state index is -3.64. The van der Waals surface area contributed by atoms with Gasteiger partial charge >= 0.3 is 0 Å². The quantitative estimate of drug-likeness (QED) is 0.842. The lowest BCUT2D eigenvalue weighted by molar-refractivity contribution is 0.356. The highest BCUT2D eigenvalue weighted by Crippen LogP contribution is 2.28. The third-order valence-electron chi connectivity index (χ3n) is 3.44. The molecule has 1 aliphatic rings. The molecule has 6 nitrogen and oxygen atoms in total. The van der Waals surface area contributed by atoms with Crippen LogP contribution in [0.4, 0.5) is 0 Å². The molecule has 0 bridgehead atoms. The Bertz CT molecular complexity index is 694. The number of sulfonamides is 1. The van der Waals surface area contributed by atoms with Crippen LogP contribution in [0.3, 0.4) is 0 Å². The fourth-order valence-corrected chi connectivity index (χ4v) is 7.18. The number of hydrogen-bond acceptors (Lipinski definition) is 6. The summed E-state index contributed by atoms with van der Waals surface area (Å²) >= 11 is 1.39. The molecule has 1 N–H and O–H groups in total. The fraction of sp³-hybridized carbons (Fsp3) is 0.667. The second-order valence-electron chi connectivity index (χ2n) is 5.07. The summed E-state index contributed by atoms with van der Waals surface area (Å²) in [4.78, 5) is 1.05. The SMILES string of the molecule is CCNCc1sccc1S(=O)(=O)N1CCS(=O)(=O)CC1C. The van der Waals surface area contributed by atoms with Crippen LogP contribution in [0, 0.1) is 0 Å². The lowest BCUT2D eigenvalue weighted by Crippen LogP contribution is -2.49. The van der Waals surface area contributed by atoms with Gasteiger partial charge in [0.2, 0.25) is 10.0 Å². The third kappa shape index (κ3) is 3.65. The van der Waals surface area contributed by atoms with E-state index in [1.165, 1.54) is 15.6 Å². The van der Waals surface area contributed by atoms with Gasteiger partial charge in [0.1, 0.15) is 0 Å². The minimum Gasteiger partial charge on any atom is -0.312 e. The van der Waals surface area contributed by atoms with Crippen molar-refractivity contribution in [3.8, 4) is 0 Å². The monoisotopic (exact) mass is 352 g/mol. The first-order chi connectivity index (χ1) is 9.78. The Balaban J connectivity index is 2.28. The van der Waals surface area contributed by atoms with Crippen molar-refractivity contribution in [2.75, 3.05) is 24.6 Å². The van der Waals surface area contributed by atoms with Crippen molar-refractivity contribution in [3.05, 3.63) is 16.3 Å². The molecule has 21 heavy (non-hydrogen) atoms. The van der Waals surface area contributed by atoms with Gasteiger partial charge in [-0.05, 0) is 24.9 Å². The first-order valence-electron chi connectivity index (χ1n) is 6.77. The first-order valence-corrected chi connectivity index (χ1v) is 10.9. The van der Waals surface area contributed by atoms with Crippen molar-refractivity contribution >= 4 is 31.2 Å². The average molecular weight is 353 g/mol. The summed E-state index contributed by atoms with van der Waals surface area (Å²) in [5.41, 5.74) is 0. The average Bonchev–Trinajstić information content (AvgIpc) is 2.83. The number of thiophene rings is 1. The van der Waals surface area contributed by atoms with Crippen LogP contribution in [0.25, 0.3) is 0 Å². The molecule has 9 heteroatoms. The maximum absolute atomic E-state index is 12.8. The molecule has 1 aromatic heterocycles. The second kappa shape index (κ2) is 6.33. The molecule has 0 aliphatic carbocycles. The van der Waals surface area contributed by atoms with E-state index in [2.05, 4.69) is 5.32 Å². The summed E-state index contributed by atoms with van der Waals surface area (Å²) in [6, 6.07) is 1.07. The Hall–Kier alpha value is -0.480. The fourth-order valence-electron chi connectivity index (χ4n) is 2.39. The maximum Gasteiger partial charge on any atom is 0.244 e. The summed E-state index contributed by atoms with van der Waals surface area (Å²) in [6.45, 7) is 4.89. The molecule has 2 heterocycles. The highest BCUT2D eigenvalue weighted by Gasteiger charge is 2.37. The zero-order chi connectivity index (χ0) is 15.7. The number of nitrogens with one attached hydrogen (secondary N) is 1. The Morgan fingerprint density at radius 1 is 1.48 bits per heavy atom. The number of rotatable bonds is 5. The van der Waals surface area contributed by atoms with Gasteiger partial charge in [-0.25, -0.2) is 16.8 Å². The molecule has 0 aromatic carbocycles. The minimum absolute atomic E-state index is 0.0301. The highest BCUT2D eigenvalue weighted by atomic mass is 32.2. The van der Waals surface area contributed by atoms with Crippen LogP contribution in [0.15, 0.2) is 16.3 Å². The molecule has 2 rings (SSSR count). The molecule has 1 atom stereocenters. The van der Waals surface area contributed by atoms with E-state index < -0.39 is 25.9 Å². The first kappa shape index (κ1) is 16.9. The predicted molar refractivity (Wildman–Crippen MR) is 83.7 cm³/mol. The highest BCUT2D eigenvalue weighted by molar-refractivity contribution is 7.92. The molecular formula is C12H20N2O4S3. The topological polar surface area (TPSA) is 83.6 Å². The van der Waals surface area contributed by atoms with Crippen molar-refractivity contribution in [1.82, 2.24) is 9.62 Å². The van der Waals surface area contributed by atoms with E-state index in [0.717, 1.165) is 11.4 Å². The molecule has 1 aromatic rings. The van der Waals surface area contributed by atoms with Crippen molar-refractivity contribution in [1.29, 1.82) is 0 Å². The summed E-state index contributed by atoms with van der Waals surface area (Å²) in [7, 11) is -6.77. The van der Waals surface area contributed by atoms with Gasteiger partial charge in [0, 0.05) is 24.0 Å². The van der Waals surface area contributed by atoms with Crippen LogP contribution < -0.4 is 5.32 Å². The van der Waals surface area contributed by atoms with Crippen LogP contribution in [0.1, 0.15) is 18.7 Å². The summed E-state index contributed by atoms with van der Waals surface area (Å²) in [5.74, 6) is -0.220. The van der Waals surface area contributed by atoms with Gasteiger partial charge in [0.25, 0.3) is 0 Å². The van der Waals surface area contributed by atoms with E-state index in [9.17, 15) is 16.8 Å². The van der Waals surface area contributed by atoms with E-state index >= 15 is 0 Å². The Morgan fingerprint density at radius 2 is 2.19 bits per heavy atom. The largest absolute Gasteiger partial charge is 0.312 e. The van der Waals surface area contributed by atoms with Gasteiger partial charge in [-0.2, -0.15) is 4.31 Å². The number of nitrogens with zero attached hydrogens (tertiary/aromatic N) is 1. The second-order valence-corrected chi connectivity index (χ2v) is 10.2. The smallest absolute Gasteiger partial charge is 0.244 e. The maximum atomic E-state index is 12.8. The van der Waals surface area contributed by atoms with Gasteiger partial charge in [-0.1, -0.05) is 6.92 Å². The van der Waals surface area contributed by atoms with E-state index in [1.54, 1.807) is 18.4 Å². The van der Waals surface area contributed by atoms with Gasteiger partial charge in [0.15, 0.2) is 9.84 Å². The molecule has 0 amide bonds. The molecule has 1 saturated heterocycles. The Kier molecular flexibility index (Phi) is 5.09. The van der Waals surface area contributed by atoms with E-state index in [-0.39, 0.29) is 18.1 Å². The normalized spacial score (nSPS) is 23.2. The third-order valence-corrected chi connectivity index (χ3v) is 8.38. The molecule has 120 valence electrons. The zero-order valence-corrected chi connectivity index (χ0v) is 14.5. The molecule has 0 radical (unpaired) electrons. The van der Waals surface area contributed by atoms with Crippen LogP contribution in [-0.4, -0.2) is 51.8 Å². The Morgan fingerprint density at radius 3 is 2.81 bits per heavy atom. The van der Waals surface area contributed by atoms with Crippen LogP contribution >= 0.6 is 11.3 Å². The lowest BCUT2D eigenvalue weighted by atomic mass is 10.4. The zero-order valence-electron chi connectivity index (χ0n) is 12.1. The van der Waals surface area contributed by atoms with Crippen LogP contribution in [0.2, 0.25) is 0 Å². The molecular weight excluding hydrogens is 332 g/mol. The van der Waals surface area contributed by atoms with E-state index in [0.29, 0.717) is 11.4 Å². The lowest BCUT2D eigenvalue weighted by Gasteiger charge is -2.32. The summed E-state index contributed by atoms with van der Waals surface area (Å²) in [6.07, 6.45) is 0. The van der Waals surface area contributed by atoms with Gasteiger partial charge < -0.3 is 5.32 Å². The van der Waals surface area contributed by atoms with Crippen LogP contribution in [-0.2, 0) is 26.4 Å². The van der Waals surface area contributed by atoms with Crippen molar-refractivity contribution in [2.24, 2.45) is 0 Å². The molecule has 1 unspecified atom stereocenters. The summed E-state index contributed by atoms with van der Waals surface area (Å²) < 4.78 is 50.0. The van der Waals surface area contributed by atoms with E-state index in [4.69, 9.17) is 0 Å². The Labute approximate surface area is 130 Å². The van der Waals surface area contributed by atoms with E-state index in [1.807, 2.05) is 6.92 Å². The molecule has 1 fully saturated rings. The summed E-state index contributed by atoms with van der Waals surface area (Å²) in [5, 5.41) is 4.88. The standard InChI is InChI=1S/C12H20N2O4S3/c1-3-13-8-11-12(4-6-19-11)21(17,18)14-5-7-20(15,16)9-10(14)2/h4,6,10,13H,3,5,7-9H2,1-2H3. The van der Waals surface area contributed by atoms with Crippen LogP contribution in [0.5, 0.6) is 0 Å². The number of sulfone groups is 1. The van der Waals surface area contributed by atoms with Crippen molar-refractivity contribution < 1.29 is 16.8 Å². The predicted octanol–water partition coefficient (Wildman–Crippen LogP) is 0.665. The van der Waals surface area contributed by atoms with Gasteiger partial charge in [0.05, 0.1) is 16.4 Å². The van der Waals surface area contributed by atoms with Gasteiger partial charge in [-0.15, -0.1) is 11.3 Å². The van der Waals surface area contributed by atoms with Crippen molar-refractivity contribution in [3.63, 3.8) is 0 Å². The molecule has 0 saturated carbocycles. The van der Waals surface area contributed by atoms with Crippen molar-refractivity contribution in [2.45, 2.75) is 31.3 Å². The molecule has 0 spiro atoms. The molecule has 1 aliphatic heterocycles. The van der Waals surface area contributed by atoms with Gasteiger partial charge in [-0.3, -0.25) is 0 Å². The number of hydrogen-bond donors (Lipinski definition) is 1.